The number of aryl methyl sites for hydroxylation is 2. The van der Waals surface area contributed by atoms with E-state index in [9.17, 15) is 9.59 Å². The lowest BCUT2D eigenvalue weighted by molar-refractivity contribution is 0.0577. The second-order valence-corrected chi connectivity index (χ2v) is 8.45. The molecule has 0 radical (unpaired) electrons. The van der Waals surface area contributed by atoms with Crippen LogP contribution in [-0.4, -0.2) is 35.0 Å². The Bertz CT molecular complexity index is 879. The molecule has 0 saturated carbocycles. The van der Waals surface area contributed by atoms with E-state index < -0.39 is 0 Å². The largest absolute Gasteiger partial charge is 0.349 e. The molecule has 2 N–H and O–H groups in total. The first-order chi connectivity index (χ1) is 14.0. The van der Waals surface area contributed by atoms with E-state index in [0.717, 1.165) is 43.4 Å². The highest BCUT2D eigenvalue weighted by atomic mass is 16.2. The Hall–Kier alpha value is -2.82. The van der Waals surface area contributed by atoms with Crippen LogP contribution in [0.4, 0.5) is 10.5 Å². The summed E-state index contributed by atoms with van der Waals surface area (Å²) in [4.78, 5) is 27.7. The van der Waals surface area contributed by atoms with Crippen LogP contribution in [0.25, 0.3) is 0 Å². The normalized spacial score (nSPS) is 23.4. The van der Waals surface area contributed by atoms with Crippen LogP contribution in [0.5, 0.6) is 0 Å². The Morgan fingerprint density at radius 3 is 2.28 bits per heavy atom. The quantitative estimate of drug-likeness (QED) is 0.800. The number of anilines is 1. The van der Waals surface area contributed by atoms with Crippen molar-refractivity contribution in [2.45, 2.75) is 64.1 Å². The highest BCUT2D eigenvalue weighted by Gasteiger charge is 2.41. The van der Waals surface area contributed by atoms with Gasteiger partial charge >= 0.3 is 6.03 Å². The third-order valence-corrected chi connectivity index (χ3v) is 6.13. The molecule has 1 unspecified atom stereocenters. The lowest BCUT2D eigenvalue weighted by Gasteiger charge is -2.48. The minimum absolute atomic E-state index is 0.0191. The van der Waals surface area contributed by atoms with Crippen LogP contribution in [0.3, 0.4) is 0 Å². The number of nitrogens with zero attached hydrogens (tertiary/aromatic N) is 1. The molecule has 2 bridgehead atoms. The second-order valence-electron chi connectivity index (χ2n) is 8.45. The second kappa shape index (κ2) is 8.27. The van der Waals surface area contributed by atoms with Gasteiger partial charge in [-0.05, 0) is 70.2 Å². The summed E-state index contributed by atoms with van der Waals surface area (Å²) in [6.45, 7) is 4.03. The molecule has 2 aliphatic heterocycles. The van der Waals surface area contributed by atoms with Gasteiger partial charge in [0.2, 0.25) is 0 Å². The molecule has 29 heavy (non-hydrogen) atoms. The first-order valence-electron chi connectivity index (χ1n) is 10.5. The average Bonchev–Trinajstić information content (AvgIpc) is 2.69. The molecule has 2 heterocycles. The number of hydrogen-bond donors (Lipinski definition) is 2. The number of benzene rings is 2. The van der Waals surface area contributed by atoms with Crippen molar-refractivity contribution in [2.75, 3.05) is 5.32 Å². The summed E-state index contributed by atoms with van der Waals surface area (Å²) in [5, 5.41) is 6.26. The van der Waals surface area contributed by atoms with Gasteiger partial charge in [0, 0.05) is 29.4 Å². The molecular weight excluding hydrogens is 362 g/mol. The number of piperidine rings is 2. The number of rotatable bonds is 3. The lowest BCUT2D eigenvalue weighted by Crippen LogP contribution is -2.59. The van der Waals surface area contributed by atoms with E-state index in [1.165, 1.54) is 5.56 Å². The van der Waals surface area contributed by atoms with Gasteiger partial charge in [-0.2, -0.15) is 0 Å². The number of amides is 3. The zero-order chi connectivity index (χ0) is 20.4. The van der Waals surface area contributed by atoms with Crippen molar-refractivity contribution < 1.29 is 9.59 Å². The van der Waals surface area contributed by atoms with Crippen LogP contribution in [-0.2, 0) is 0 Å². The van der Waals surface area contributed by atoms with Crippen molar-refractivity contribution in [3.8, 4) is 0 Å². The predicted octanol–water partition coefficient (Wildman–Crippen LogP) is 4.65. The highest BCUT2D eigenvalue weighted by Crippen LogP contribution is 2.34. The van der Waals surface area contributed by atoms with Gasteiger partial charge in [0.1, 0.15) is 0 Å². The number of fused-ring (bicyclic) bond motifs is 2. The van der Waals surface area contributed by atoms with E-state index in [2.05, 4.69) is 10.6 Å². The van der Waals surface area contributed by atoms with Gasteiger partial charge in [-0.3, -0.25) is 4.79 Å². The standard InChI is InChI=1S/C24H29N3O2/c1-16-9-11-19(12-10-16)26-24(29)27-21-7-4-8-22(27)15-20(14-21)25-23(28)18-6-3-5-17(2)13-18/h3,5-6,9-13,20-22H,4,7-8,14-15H2,1-2H3,(H,25,28)(H,26,29)/t20?,21-,22+. The smallest absolute Gasteiger partial charge is 0.322 e. The molecular formula is C24H29N3O2. The minimum Gasteiger partial charge on any atom is -0.349 e. The molecule has 2 aliphatic rings. The van der Waals surface area contributed by atoms with Crippen LogP contribution in [0, 0.1) is 13.8 Å². The predicted molar refractivity (Wildman–Crippen MR) is 115 cm³/mol. The fourth-order valence-electron chi connectivity index (χ4n) is 4.71. The summed E-state index contributed by atoms with van der Waals surface area (Å²) < 4.78 is 0. The van der Waals surface area contributed by atoms with Crippen LogP contribution in [0.15, 0.2) is 48.5 Å². The van der Waals surface area contributed by atoms with Gasteiger partial charge in [0.15, 0.2) is 0 Å². The van der Waals surface area contributed by atoms with Crippen molar-refractivity contribution in [1.29, 1.82) is 0 Å². The van der Waals surface area contributed by atoms with Gasteiger partial charge in [-0.1, -0.05) is 35.4 Å². The summed E-state index contributed by atoms with van der Waals surface area (Å²) in [6, 6.07) is 16.0. The SMILES string of the molecule is Cc1ccc(NC(=O)N2[C@@H]3CCC[C@H]2CC(NC(=O)c2cccc(C)c2)C3)cc1. The van der Waals surface area contributed by atoms with Gasteiger partial charge in [0.25, 0.3) is 5.91 Å². The van der Waals surface area contributed by atoms with Gasteiger partial charge in [-0.25, -0.2) is 4.79 Å². The number of hydrogen-bond acceptors (Lipinski definition) is 2. The van der Waals surface area contributed by atoms with E-state index in [0.29, 0.717) is 5.56 Å². The van der Waals surface area contributed by atoms with Gasteiger partial charge < -0.3 is 15.5 Å². The molecule has 152 valence electrons. The Balaban J connectivity index is 1.41. The first-order valence-corrected chi connectivity index (χ1v) is 10.5. The van der Waals surface area contributed by atoms with Crippen molar-refractivity contribution in [1.82, 2.24) is 10.2 Å². The summed E-state index contributed by atoms with van der Waals surface area (Å²) in [7, 11) is 0. The van der Waals surface area contributed by atoms with Gasteiger partial charge in [0.05, 0.1) is 0 Å². The molecule has 2 aromatic rings. The minimum atomic E-state index is -0.0213. The zero-order valence-electron chi connectivity index (χ0n) is 17.2. The van der Waals surface area contributed by atoms with E-state index in [1.54, 1.807) is 0 Å². The summed E-state index contributed by atoms with van der Waals surface area (Å²) in [5.74, 6) is -0.0191. The maximum absolute atomic E-state index is 13.0. The summed E-state index contributed by atoms with van der Waals surface area (Å²) in [6.07, 6.45) is 4.76. The molecule has 0 spiro atoms. The average molecular weight is 392 g/mol. The maximum Gasteiger partial charge on any atom is 0.322 e. The van der Waals surface area contributed by atoms with Crippen molar-refractivity contribution in [3.63, 3.8) is 0 Å². The van der Waals surface area contributed by atoms with Crippen LogP contribution >= 0.6 is 0 Å². The number of carbonyl (C=O) groups excluding carboxylic acids is 2. The van der Waals surface area contributed by atoms with Gasteiger partial charge in [-0.15, -0.1) is 0 Å². The van der Waals surface area contributed by atoms with E-state index >= 15 is 0 Å². The van der Waals surface area contributed by atoms with E-state index in [4.69, 9.17) is 0 Å². The highest BCUT2D eigenvalue weighted by molar-refractivity contribution is 5.94. The fraction of sp³-hybridized carbons (Fsp3) is 0.417. The molecule has 3 amide bonds. The molecule has 5 heteroatoms. The van der Waals surface area contributed by atoms with Crippen molar-refractivity contribution in [3.05, 3.63) is 65.2 Å². The van der Waals surface area contributed by atoms with Crippen LogP contribution in [0.2, 0.25) is 0 Å². The topological polar surface area (TPSA) is 61.4 Å². The number of carbonyl (C=O) groups is 2. The molecule has 2 saturated heterocycles. The molecule has 5 nitrogen and oxygen atoms in total. The zero-order valence-corrected chi connectivity index (χ0v) is 17.2. The Morgan fingerprint density at radius 1 is 0.931 bits per heavy atom. The monoisotopic (exact) mass is 391 g/mol. The van der Waals surface area contributed by atoms with E-state index in [-0.39, 0.29) is 30.1 Å². The fourth-order valence-corrected chi connectivity index (χ4v) is 4.71. The molecule has 0 aliphatic carbocycles. The van der Waals surface area contributed by atoms with E-state index in [1.807, 2.05) is 67.3 Å². The van der Waals surface area contributed by atoms with Crippen LogP contribution < -0.4 is 10.6 Å². The third kappa shape index (κ3) is 4.44. The Labute approximate surface area is 172 Å². The molecule has 2 fully saturated rings. The maximum atomic E-state index is 13.0. The van der Waals surface area contributed by atoms with Crippen molar-refractivity contribution >= 4 is 17.6 Å². The summed E-state index contributed by atoms with van der Waals surface area (Å²) in [5.41, 5.74) is 3.78. The lowest BCUT2D eigenvalue weighted by atomic mass is 9.82. The number of nitrogens with one attached hydrogen (secondary N) is 2. The molecule has 4 rings (SSSR count). The third-order valence-electron chi connectivity index (χ3n) is 6.13. The Morgan fingerprint density at radius 2 is 1.62 bits per heavy atom. The molecule has 0 aromatic heterocycles. The Kier molecular flexibility index (Phi) is 5.56. The summed E-state index contributed by atoms with van der Waals surface area (Å²) >= 11 is 0. The molecule has 2 aromatic carbocycles. The first kappa shape index (κ1) is 19.5. The molecule has 3 atom stereocenters. The van der Waals surface area contributed by atoms with Crippen LogP contribution in [0.1, 0.15) is 53.6 Å². The number of urea groups is 1. The van der Waals surface area contributed by atoms with Crippen molar-refractivity contribution in [2.24, 2.45) is 0 Å².